The van der Waals surface area contributed by atoms with Crippen molar-refractivity contribution in [3.63, 3.8) is 0 Å². The average molecular weight is 283 g/mol. The first kappa shape index (κ1) is 16.5. The molecule has 4 nitrogen and oxygen atoms in total. The van der Waals surface area contributed by atoms with Crippen molar-refractivity contribution >= 4 is 17.6 Å². The van der Waals surface area contributed by atoms with E-state index < -0.39 is 36.8 Å². The van der Waals surface area contributed by atoms with Crippen LogP contribution in [0, 0.1) is 28.1 Å². The largest absolute Gasteiger partial charge is 0.464 e. The lowest BCUT2D eigenvalue weighted by atomic mass is 9.83. The number of ether oxygens (including phenoxy) is 1. The third-order valence-electron chi connectivity index (χ3n) is 2.05. The van der Waals surface area contributed by atoms with Gasteiger partial charge in [0.15, 0.2) is 5.41 Å². The quantitative estimate of drug-likeness (QED) is 0.554. The summed E-state index contributed by atoms with van der Waals surface area (Å²) in [5.41, 5.74) is -2.01. The summed E-state index contributed by atoms with van der Waals surface area (Å²) in [6, 6.07) is 2.90. The van der Waals surface area contributed by atoms with Crippen LogP contribution in [0.3, 0.4) is 0 Å². The predicted octanol–water partition coefficient (Wildman–Crippen LogP) is 2.53. The van der Waals surface area contributed by atoms with Crippen LogP contribution in [-0.4, -0.2) is 24.6 Å². The van der Waals surface area contributed by atoms with Crippen LogP contribution in [0.4, 0.5) is 13.2 Å². The van der Waals surface area contributed by atoms with Crippen molar-refractivity contribution in [2.24, 2.45) is 5.41 Å². The van der Waals surface area contributed by atoms with Gasteiger partial charge in [0.2, 0.25) is 0 Å². The fraction of sp³-hybridized carbons (Fsp3) is 0.700. The minimum absolute atomic E-state index is 0.0282. The Hall–Kier alpha value is -1.47. The number of nitrogens with zero attached hydrogens (tertiary/aromatic N) is 2. The summed E-state index contributed by atoms with van der Waals surface area (Å²) < 4.78 is 40.7. The molecule has 0 aromatic rings. The Kier molecular flexibility index (Phi) is 6.50. The van der Waals surface area contributed by atoms with E-state index in [1.54, 1.807) is 0 Å². The molecule has 0 aliphatic heterocycles. The number of carbonyl (C=O) groups is 1. The van der Waals surface area contributed by atoms with Crippen molar-refractivity contribution in [2.75, 3.05) is 12.5 Å². The molecular weight excluding hydrogens is 273 g/mol. The van der Waals surface area contributed by atoms with Gasteiger partial charge in [-0.1, -0.05) is 0 Å². The first-order chi connectivity index (χ1) is 8.28. The first-order valence-electron chi connectivity index (χ1n) is 4.89. The second kappa shape index (κ2) is 7.07. The molecule has 18 heavy (non-hydrogen) atoms. The molecule has 0 atom stereocenters. The number of hydrogen-bond donors (Lipinski definition) is 0. The maximum absolute atomic E-state index is 12.0. The Bertz CT molecular complexity index is 357. The second-order valence-electron chi connectivity index (χ2n) is 3.51. The van der Waals surface area contributed by atoms with E-state index in [0.29, 0.717) is 0 Å². The van der Waals surface area contributed by atoms with Crippen LogP contribution in [0.2, 0.25) is 0 Å². The zero-order valence-corrected chi connectivity index (χ0v) is 10.0. The number of esters is 1. The molecular formula is C10H10ClF3N2O2. The summed E-state index contributed by atoms with van der Waals surface area (Å²) in [6.07, 6.45) is -7.26. The average Bonchev–Trinajstić information content (AvgIpc) is 2.31. The monoisotopic (exact) mass is 282 g/mol. The fourth-order valence-corrected chi connectivity index (χ4v) is 1.19. The lowest BCUT2D eigenvalue weighted by Gasteiger charge is -2.18. The molecule has 0 saturated heterocycles. The third-order valence-corrected chi connectivity index (χ3v) is 2.20. The number of alkyl halides is 4. The zero-order chi connectivity index (χ0) is 14.2. The van der Waals surface area contributed by atoms with E-state index in [1.165, 1.54) is 12.1 Å². The van der Waals surface area contributed by atoms with Gasteiger partial charge in [0, 0.05) is 6.42 Å². The SMILES string of the molecule is N#CC(C#N)(CCC(F)(F)F)CC(=O)OCCCl. The van der Waals surface area contributed by atoms with E-state index in [1.807, 2.05) is 0 Å². The Labute approximate surface area is 107 Å². The van der Waals surface area contributed by atoms with Crippen LogP contribution in [0.1, 0.15) is 19.3 Å². The summed E-state index contributed by atoms with van der Waals surface area (Å²) in [6.45, 7) is -0.118. The normalized spacial score (nSPS) is 11.4. The Morgan fingerprint density at radius 2 is 1.78 bits per heavy atom. The molecule has 0 aliphatic carbocycles. The highest BCUT2D eigenvalue weighted by Crippen LogP contribution is 2.33. The highest BCUT2D eigenvalue weighted by Gasteiger charge is 2.39. The van der Waals surface area contributed by atoms with E-state index in [0.717, 1.165) is 0 Å². The summed E-state index contributed by atoms with van der Waals surface area (Å²) in [5.74, 6) is -0.888. The smallest absolute Gasteiger partial charge is 0.389 e. The number of nitriles is 2. The van der Waals surface area contributed by atoms with Gasteiger partial charge >= 0.3 is 12.1 Å². The Balaban J connectivity index is 4.60. The highest BCUT2D eigenvalue weighted by molar-refractivity contribution is 6.18. The maximum atomic E-state index is 12.0. The van der Waals surface area contributed by atoms with Gasteiger partial charge in [-0.15, -0.1) is 11.6 Å². The molecule has 0 fully saturated rings. The van der Waals surface area contributed by atoms with Gasteiger partial charge in [0.05, 0.1) is 24.4 Å². The van der Waals surface area contributed by atoms with Crippen LogP contribution in [-0.2, 0) is 9.53 Å². The lowest BCUT2D eigenvalue weighted by Crippen LogP contribution is -2.25. The van der Waals surface area contributed by atoms with Crippen molar-refractivity contribution in [1.82, 2.24) is 0 Å². The molecule has 0 aromatic heterocycles. The van der Waals surface area contributed by atoms with E-state index in [-0.39, 0.29) is 12.5 Å². The molecule has 0 aromatic carbocycles. The number of rotatable bonds is 6. The molecule has 0 saturated carbocycles. The standard InChI is InChI=1S/C10H10ClF3N2O2/c11-3-4-18-8(17)5-9(6-15,7-16)1-2-10(12,13)14/h1-5H2. The minimum Gasteiger partial charge on any atom is -0.464 e. The molecule has 0 amide bonds. The number of carbonyl (C=O) groups excluding carboxylic acids is 1. The van der Waals surface area contributed by atoms with Gasteiger partial charge in [-0.05, 0) is 6.42 Å². The van der Waals surface area contributed by atoms with Gasteiger partial charge in [0.25, 0.3) is 0 Å². The van der Waals surface area contributed by atoms with E-state index in [2.05, 4.69) is 4.74 Å². The molecule has 0 aliphatic rings. The summed E-state index contributed by atoms with van der Waals surface area (Å²) in [7, 11) is 0. The topological polar surface area (TPSA) is 73.9 Å². The minimum atomic E-state index is -4.49. The first-order valence-corrected chi connectivity index (χ1v) is 5.43. The molecule has 0 spiro atoms. The van der Waals surface area contributed by atoms with Crippen molar-refractivity contribution < 1.29 is 22.7 Å². The number of halogens is 4. The Morgan fingerprint density at radius 3 is 2.17 bits per heavy atom. The molecule has 0 unspecified atom stereocenters. The molecule has 0 radical (unpaired) electrons. The summed E-state index contributed by atoms with van der Waals surface area (Å²) in [4.78, 5) is 11.2. The third kappa shape index (κ3) is 6.31. The molecule has 0 N–H and O–H groups in total. The van der Waals surface area contributed by atoms with Crippen molar-refractivity contribution in [1.29, 1.82) is 10.5 Å². The molecule has 0 rings (SSSR count). The van der Waals surface area contributed by atoms with Gasteiger partial charge < -0.3 is 4.74 Å². The van der Waals surface area contributed by atoms with Crippen LogP contribution in [0.25, 0.3) is 0 Å². The van der Waals surface area contributed by atoms with Crippen molar-refractivity contribution in [3.05, 3.63) is 0 Å². The van der Waals surface area contributed by atoms with Crippen LogP contribution < -0.4 is 0 Å². The van der Waals surface area contributed by atoms with E-state index >= 15 is 0 Å². The highest BCUT2D eigenvalue weighted by atomic mass is 35.5. The van der Waals surface area contributed by atoms with Crippen molar-refractivity contribution in [3.8, 4) is 12.1 Å². The molecule has 8 heteroatoms. The predicted molar refractivity (Wildman–Crippen MR) is 55.2 cm³/mol. The fourth-order valence-electron chi connectivity index (χ4n) is 1.11. The van der Waals surface area contributed by atoms with E-state index in [4.69, 9.17) is 22.1 Å². The van der Waals surface area contributed by atoms with Crippen LogP contribution in [0.15, 0.2) is 0 Å². The zero-order valence-electron chi connectivity index (χ0n) is 9.26. The van der Waals surface area contributed by atoms with Gasteiger partial charge in [-0.2, -0.15) is 23.7 Å². The lowest BCUT2D eigenvalue weighted by molar-refractivity contribution is -0.148. The van der Waals surface area contributed by atoms with Gasteiger partial charge in [-0.3, -0.25) is 4.79 Å². The molecule has 0 heterocycles. The second-order valence-corrected chi connectivity index (χ2v) is 3.89. The summed E-state index contributed by atoms with van der Waals surface area (Å²) >= 11 is 5.25. The van der Waals surface area contributed by atoms with Gasteiger partial charge in [-0.25, -0.2) is 0 Å². The molecule has 0 bridgehead atoms. The maximum Gasteiger partial charge on any atom is 0.389 e. The Morgan fingerprint density at radius 1 is 1.22 bits per heavy atom. The van der Waals surface area contributed by atoms with E-state index in [9.17, 15) is 18.0 Å². The van der Waals surface area contributed by atoms with Crippen LogP contribution >= 0.6 is 11.6 Å². The van der Waals surface area contributed by atoms with Gasteiger partial charge in [0.1, 0.15) is 6.61 Å². The number of hydrogen-bond acceptors (Lipinski definition) is 4. The molecule has 100 valence electrons. The van der Waals surface area contributed by atoms with Crippen LogP contribution in [0.5, 0.6) is 0 Å². The summed E-state index contributed by atoms with van der Waals surface area (Å²) in [5, 5.41) is 17.5. The van der Waals surface area contributed by atoms with Crippen molar-refractivity contribution in [2.45, 2.75) is 25.4 Å².